The van der Waals surface area contributed by atoms with E-state index in [9.17, 15) is 8.42 Å². The van der Waals surface area contributed by atoms with Gasteiger partial charge in [0.15, 0.2) is 9.84 Å². The van der Waals surface area contributed by atoms with Crippen LogP contribution in [0.2, 0.25) is 0 Å². The minimum atomic E-state index is -3.18. The van der Waals surface area contributed by atoms with Crippen molar-refractivity contribution in [2.45, 2.75) is 29.6 Å². The van der Waals surface area contributed by atoms with Crippen molar-refractivity contribution < 1.29 is 17.9 Å². The van der Waals surface area contributed by atoms with Crippen molar-refractivity contribution in [3.8, 4) is 5.88 Å². The zero-order valence-corrected chi connectivity index (χ0v) is 19.3. The van der Waals surface area contributed by atoms with Gasteiger partial charge in [-0.2, -0.15) is 9.50 Å². The maximum atomic E-state index is 11.6. The molecule has 1 saturated heterocycles. The summed E-state index contributed by atoms with van der Waals surface area (Å²) in [7, 11) is -3.18. The van der Waals surface area contributed by atoms with Crippen LogP contribution < -0.4 is 4.74 Å². The van der Waals surface area contributed by atoms with Crippen LogP contribution >= 0.6 is 11.8 Å². The van der Waals surface area contributed by atoms with E-state index in [0.717, 1.165) is 24.3 Å². The number of fused-ring (bicyclic) bond motifs is 1. The van der Waals surface area contributed by atoms with Crippen molar-refractivity contribution in [2.75, 3.05) is 38.8 Å². The number of nitrogens with zero attached hydrogens (tertiary/aromatic N) is 5. The van der Waals surface area contributed by atoms with Gasteiger partial charge in [-0.1, -0.05) is 23.9 Å². The molecular formula is C20H25N5O4S2. The maximum Gasteiger partial charge on any atom is 0.256 e. The van der Waals surface area contributed by atoms with Crippen molar-refractivity contribution in [1.82, 2.24) is 24.5 Å². The molecule has 1 aromatic carbocycles. The van der Waals surface area contributed by atoms with Gasteiger partial charge < -0.3 is 9.47 Å². The first-order chi connectivity index (χ1) is 14.8. The molecule has 0 aliphatic carbocycles. The fourth-order valence-corrected chi connectivity index (χ4v) is 4.40. The summed E-state index contributed by atoms with van der Waals surface area (Å²) in [5, 5.41) is 5.06. The average Bonchev–Trinajstić information content (AvgIpc) is 3.15. The Balaban J connectivity index is 1.38. The molecule has 31 heavy (non-hydrogen) atoms. The summed E-state index contributed by atoms with van der Waals surface area (Å²) >= 11 is 1.46. The quantitative estimate of drug-likeness (QED) is 0.486. The smallest absolute Gasteiger partial charge is 0.256 e. The molecule has 3 aromatic rings. The Bertz CT molecular complexity index is 1160. The molecule has 1 atom stereocenters. The molecule has 0 N–H and O–H groups in total. The van der Waals surface area contributed by atoms with Gasteiger partial charge in [-0.05, 0) is 30.9 Å². The Morgan fingerprint density at radius 2 is 2.03 bits per heavy atom. The molecule has 1 unspecified atom stereocenters. The summed E-state index contributed by atoms with van der Waals surface area (Å²) in [6.07, 6.45) is 3.05. The number of hydrogen-bond donors (Lipinski definition) is 0. The Morgan fingerprint density at radius 3 is 2.74 bits per heavy atom. The van der Waals surface area contributed by atoms with E-state index in [1.807, 2.05) is 31.4 Å². The van der Waals surface area contributed by atoms with E-state index in [-0.39, 0.29) is 6.10 Å². The monoisotopic (exact) mass is 463 g/mol. The first-order valence-corrected chi connectivity index (χ1v) is 13.0. The Morgan fingerprint density at radius 1 is 1.26 bits per heavy atom. The lowest BCUT2D eigenvalue weighted by molar-refractivity contribution is -0.0513. The third kappa shape index (κ3) is 5.35. The van der Waals surface area contributed by atoms with Crippen molar-refractivity contribution >= 4 is 27.4 Å². The number of aryl methyl sites for hydroxylation is 1. The van der Waals surface area contributed by atoms with Crippen molar-refractivity contribution in [2.24, 2.45) is 0 Å². The molecule has 166 valence electrons. The molecule has 3 heterocycles. The van der Waals surface area contributed by atoms with Crippen LogP contribution in [0.3, 0.4) is 0 Å². The predicted molar refractivity (Wildman–Crippen MR) is 117 cm³/mol. The highest BCUT2D eigenvalue weighted by atomic mass is 32.2. The SMILES string of the molecule is CSc1nc2nc(C)cc(OCC3CN(Cc4ccc(S(C)(=O)=O)cc4)CCO3)n2n1. The second-order valence-electron chi connectivity index (χ2n) is 7.50. The van der Waals surface area contributed by atoms with Gasteiger partial charge in [-0.15, -0.1) is 5.10 Å². The van der Waals surface area contributed by atoms with Gasteiger partial charge in [0, 0.05) is 37.7 Å². The molecule has 1 fully saturated rings. The van der Waals surface area contributed by atoms with Crippen LogP contribution in [-0.2, 0) is 21.1 Å². The zero-order chi connectivity index (χ0) is 22.0. The molecule has 1 aliphatic heterocycles. The summed E-state index contributed by atoms with van der Waals surface area (Å²) in [6, 6.07) is 8.88. The number of aromatic nitrogens is 4. The standard InChI is InChI=1S/C20H25N5O4S2/c1-14-10-18(25-19(21-14)22-20(23-25)30-2)29-13-16-12-24(8-9-28-16)11-15-4-6-17(7-5-15)31(3,26)27/h4-7,10,16H,8-9,11-13H2,1-3H3. The third-order valence-electron chi connectivity index (χ3n) is 4.97. The van der Waals surface area contributed by atoms with Crippen LogP contribution in [0.25, 0.3) is 5.78 Å². The molecule has 0 radical (unpaired) electrons. The highest BCUT2D eigenvalue weighted by molar-refractivity contribution is 7.98. The van der Waals surface area contributed by atoms with E-state index >= 15 is 0 Å². The molecule has 2 aromatic heterocycles. The zero-order valence-electron chi connectivity index (χ0n) is 17.7. The minimum Gasteiger partial charge on any atom is -0.475 e. The van der Waals surface area contributed by atoms with E-state index < -0.39 is 9.84 Å². The second kappa shape index (κ2) is 9.11. The molecule has 0 saturated carbocycles. The molecular weight excluding hydrogens is 438 g/mol. The Hall–Kier alpha value is -2.21. The van der Waals surface area contributed by atoms with E-state index in [0.29, 0.717) is 41.5 Å². The molecule has 9 nitrogen and oxygen atoms in total. The van der Waals surface area contributed by atoms with Gasteiger partial charge in [-0.25, -0.2) is 13.4 Å². The van der Waals surface area contributed by atoms with E-state index in [2.05, 4.69) is 20.0 Å². The first kappa shape index (κ1) is 22.0. The van der Waals surface area contributed by atoms with E-state index in [1.54, 1.807) is 16.6 Å². The van der Waals surface area contributed by atoms with Crippen LogP contribution in [0.15, 0.2) is 40.4 Å². The van der Waals surface area contributed by atoms with E-state index in [1.165, 1.54) is 18.0 Å². The highest BCUT2D eigenvalue weighted by Gasteiger charge is 2.22. The molecule has 0 spiro atoms. The normalized spacial score (nSPS) is 17.8. The van der Waals surface area contributed by atoms with Crippen molar-refractivity contribution in [3.05, 3.63) is 41.6 Å². The van der Waals surface area contributed by atoms with Gasteiger partial charge in [0.05, 0.1) is 11.5 Å². The number of thioether (sulfide) groups is 1. The lowest BCUT2D eigenvalue weighted by Gasteiger charge is -2.32. The van der Waals surface area contributed by atoms with Gasteiger partial charge in [0.2, 0.25) is 11.0 Å². The Labute approximate surface area is 185 Å². The summed E-state index contributed by atoms with van der Waals surface area (Å²) in [4.78, 5) is 11.4. The third-order valence-corrected chi connectivity index (χ3v) is 6.63. The number of rotatable bonds is 7. The van der Waals surface area contributed by atoms with Gasteiger partial charge in [0.1, 0.15) is 12.7 Å². The lowest BCUT2D eigenvalue weighted by Crippen LogP contribution is -2.44. The van der Waals surface area contributed by atoms with Crippen LogP contribution in [0.5, 0.6) is 5.88 Å². The molecule has 4 rings (SSSR count). The number of morpholine rings is 1. The number of sulfone groups is 1. The van der Waals surface area contributed by atoms with Crippen LogP contribution in [0, 0.1) is 6.92 Å². The summed E-state index contributed by atoms with van der Waals surface area (Å²) in [5.74, 6) is 1.11. The van der Waals surface area contributed by atoms with Crippen LogP contribution in [0.1, 0.15) is 11.3 Å². The van der Waals surface area contributed by atoms with Crippen LogP contribution in [0.4, 0.5) is 0 Å². The summed E-state index contributed by atoms with van der Waals surface area (Å²) < 4.78 is 36.8. The van der Waals surface area contributed by atoms with E-state index in [4.69, 9.17) is 9.47 Å². The fraction of sp³-hybridized carbons (Fsp3) is 0.450. The largest absolute Gasteiger partial charge is 0.475 e. The van der Waals surface area contributed by atoms with Gasteiger partial charge >= 0.3 is 0 Å². The molecule has 11 heteroatoms. The van der Waals surface area contributed by atoms with Gasteiger partial charge in [0.25, 0.3) is 5.78 Å². The molecule has 0 bridgehead atoms. The minimum absolute atomic E-state index is 0.0869. The maximum absolute atomic E-state index is 11.6. The topological polar surface area (TPSA) is 98.9 Å². The molecule has 1 aliphatic rings. The Kier molecular flexibility index (Phi) is 6.47. The highest BCUT2D eigenvalue weighted by Crippen LogP contribution is 2.19. The average molecular weight is 464 g/mol. The number of ether oxygens (including phenoxy) is 2. The molecule has 0 amide bonds. The second-order valence-corrected chi connectivity index (χ2v) is 10.3. The lowest BCUT2D eigenvalue weighted by atomic mass is 10.2. The number of benzene rings is 1. The summed E-state index contributed by atoms with van der Waals surface area (Å²) in [6.45, 7) is 5.14. The predicted octanol–water partition coefficient (Wildman–Crippen LogP) is 1.84. The number of hydrogen-bond acceptors (Lipinski definition) is 9. The van der Waals surface area contributed by atoms with Crippen molar-refractivity contribution in [1.29, 1.82) is 0 Å². The summed E-state index contributed by atoms with van der Waals surface area (Å²) in [5.41, 5.74) is 1.87. The fourth-order valence-electron chi connectivity index (χ4n) is 3.43. The van der Waals surface area contributed by atoms with Crippen LogP contribution in [-0.4, -0.2) is 77.8 Å². The van der Waals surface area contributed by atoms with Crippen molar-refractivity contribution in [3.63, 3.8) is 0 Å². The van der Waals surface area contributed by atoms with Gasteiger partial charge in [-0.3, -0.25) is 4.90 Å². The first-order valence-electron chi connectivity index (χ1n) is 9.86.